The number of hydrazone groups is 1. The van der Waals surface area contributed by atoms with E-state index in [-0.39, 0.29) is 18.4 Å². The molecule has 3 atom stereocenters. The summed E-state index contributed by atoms with van der Waals surface area (Å²) in [7, 11) is 0. The SMILES string of the molecule is CCOC(=O)C(C)(NC(=O)C1CCC1C(=O)Nc1ccc(C=NN)cc1)c1ccsc1. The molecule has 0 radical (unpaired) electrons. The molecule has 8 nitrogen and oxygen atoms in total. The van der Waals surface area contributed by atoms with Gasteiger partial charge in [-0.2, -0.15) is 16.4 Å². The number of amides is 2. The Morgan fingerprint density at radius 2 is 1.87 bits per heavy atom. The van der Waals surface area contributed by atoms with Crippen LogP contribution in [-0.2, 0) is 24.7 Å². The fourth-order valence-electron chi connectivity index (χ4n) is 3.51. The largest absolute Gasteiger partial charge is 0.464 e. The lowest BCUT2D eigenvalue weighted by Crippen LogP contribution is -2.55. The van der Waals surface area contributed by atoms with E-state index < -0.39 is 23.3 Å². The summed E-state index contributed by atoms with van der Waals surface area (Å²) in [5.41, 5.74) is 0.794. The Kier molecular flexibility index (Phi) is 7.06. The van der Waals surface area contributed by atoms with Crippen LogP contribution in [0.2, 0.25) is 0 Å². The number of carbonyl (C=O) groups is 3. The van der Waals surface area contributed by atoms with Gasteiger partial charge >= 0.3 is 5.97 Å². The molecule has 0 spiro atoms. The van der Waals surface area contributed by atoms with Crippen LogP contribution in [-0.4, -0.2) is 30.6 Å². The molecule has 2 aromatic rings. The second-order valence-corrected chi connectivity index (χ2v) is 8.31. The minimum atomic E-state index is -1.30. The summed E-state index contributed by atoms with van der Waals surface area (Å²) in [6.07, 6.45) is 2.70. The van der Waals surface area contributed by atoms with Gasteiger partial charge in [0.1, 0.15) is 0 Å². The second-order valence-electron chi connectivity index (χ2n) is 7.53. The number of ether oxygens (including phenoxy) is 1. The van der Waals surface area contributed by atoms with Crippen LogP contribution < -0.4 is 16.5 Å². The molecule has 1 aliphatic carbocycles. The molecule has 1 heterocycles. The number of nitrogens with two attached hydrogens (primary N) is 1. The number of thiophene rings is 1. The number of esters is 1. The van der Waals surface area contributed by atoms with E-state index >= 15 is 0 Å². The van der Waals surface area contributed by atoms with Crippen LogP contribution in [0.5, 0.6) is 0 Å². The Morgan fingerprint density at radius 1 is 1.19 bits per heavy atom. The molecule has 0 bridgehead atoms. The molecule has 1 fully saturated rings. The van der Waals surface area contributed by atoms with Crippen molar-refractivity contribution in [1.82, 2.24) is 5.32 Å². The minimum Gasteiger partial charge on any atom is -0.464 e. The smallest absolute Gasteiger partial charge is 0.336 e. The summed E-state index contributed by atoms with van der Waals surface area (Å²) < 4.78 is 5.20. The number of hydrogen-bond acceptors (Lipinski definition) is 7. The Morgan fingerprint density at radius 3 is 2.42 bits per heavy atom. The van der Waals surface area contributed by atoms with Crippen molar-refractivity contribution in [2.24, 2.45) is 22.8 Å². The standard InChI is InChI=1S/C22H26N4O4S/c1-3-30-21(29)22(2,15-10-11-31-13-15)26-20(28)18-9-8-17(18)19(27)25-16-6-4-14(5-7-16)12-24-23/h4-7,10-13,17-18H,3,8-9,23H2,1-2H3,(H,25,27)(H,26,28). The van der Waals surface area contributed by atoms with Gasteiger partial charge in [0, 0.05) is 17.5 Å². The maximum Gasteiger partial charge on any atom is 0.336 e. The average molecular weight is 443 g/mol. The van der Waals surface area contributed by atoms with Gasteiger partial charge in [-0.15, -0.1) is 0 Å². The predicted molar refractivity (Wildman–Crippen MR) is 120 cm³/mol. The first kappa shape index (κ1) is 22.5. The normalized spacial score (nSPS) is 19.8. The van der Waals surface area contributed by atoms with Crippen molar-refractivity contribution >= 4 is 41.0 Å². The van der Waals surface area contributed by atoms with Crippen LogP contribution in [0, 0.1) is 11.8 Å². The summed E-state index contributed by atoms with van der Waals surface area (Å²) in [6, 6.07) is 8.84. The maximum absolute atomic E-state index is 13.0. The van der Waals surface area contributed by atoms with E-state index in [1.165, 1.54) is 17.6 Å². The van der Waals surface area contributed by atoms with Crippen molar-refractivity contribution in [3.63, 3.8) is 0 Å². The second kappa shape index (κ2) is 9.74. The van der Waals surface area contributed by atoms with Gasteiger partial charge in [0.15, 0.2) is 5.54 Å². The minimum absolute atomic E-state index is 0.207. The van der Waals surface area contributed by atoms with Crippen molar-refractivity contribution in [2.75, 3.05) is 11.9 Å². The summed E-state index contributed by atoms with van der Waals surface area (Å²) in [4.78, 5) is 38.4. The lowest BCUT2D eigenvalue weighted by molar-refractivity contribution is -0.154. The number of rotatable bonds is 8. The quantitative estimate of drug-likeness (QED) is 0.251. The molecular weight excluding hydrogens is 416 g/mol. The fraction of sp³-hybridized carbons (Fsp3) is 0.364. The number of hydrogen-bond donors (Lipinski definition) is 3. The van der Waals surface area contributed by atoms with Crippen LogP contribution in [0.25, 0.3) is 0 Å². The van der Waals surface area contributed by atoms with Gasteiger partial charge in [-0.05, 0) is 66.8 Å². The van der Waals surface area contributed by atoms with E-state index in [0.717, 1.165) is 5.56 Å². The zero-order chi connectivity index (χ0) is 22.4. The number of nitrogens with one attached hydrogen (secondary N) is 2. The molecular formula is C22H26N4O4S. The first-order valence-corrected chi connectivity index (χ1v) is 11.0. The predicted octanol–water partition coefficient (Wildman–Crippen LogP) is 2.60. The highest BCUT2D eigenvalue weighted by molar-refractivity contribution is 7.08. The summed E-state index contributed by atoms with van der Waals surface area (Å²) in [6.45, 7) is 3.55. The topological polar surface area (TPSA) is 123 Å². The number of benzene rings is 1. The number of carbonyl (C=O) groups excluding carboxylic acids is 3. The van der Waals surface area contributed by atoms with E-state index in [4.69, 9.17) is 10.6 Å². The van der Waals surface area contributed by atoms with Crippen molar-refractivity contribution in [3.05, 3.63) is 52.2 Å². The van der Waals surface area contributed by atoms with Crippen molar-refractivity contribution in [1.29, 1.82) is 0 Å². The zero-order valence-corrected chi connectivity index (χ0v) is 18.3. The summed E-state index contributed by atoms with van der Waals surface area (Å²) in [5.74, 6) is 3.09. The van der Waals surface area contributed by atoms with Gasteiger partial charge < -0.3 is 21.2 Å². The lowest BCUT2D eigenvalue weighted by Gasteiger charge is -2.37. The van der Waals surface area contributed by atoms with Crippen molar-refractivity contribution in [3.8, 4) is 0 Å². The maximum atomic E-state index is 13.0. The van der Waals surface area contributed by atoms with Crippen molar-refractivity contribution < 1.29 is 19.1 Å². The first-order valence-electron chi connectivity index (χ1n) is 10.0. The molecule has 4 N–H and O–H groups in total. The Bertz CT molecular complexity index is 958. The van der Waals surface area contributed by atoms with E-state index in [1.807, 2.05) is 5.38 Å². The zero-order valence-electron chi connectivity index (χ0n) is 17.5. The molecule has 0 saturated heterocycles. The fourth-order valence-corrected chi connectivity index (χ4v) is 4.27. The van der Waals surface area contributed by atoms with Gasteiger partial charge in [-0.25, -0.2) is 4.79 Å². The number of nitrogens with zero attached hydrogens (tertiary/aromatic N) is 1. The monoisotopic (exact) mass is 442 g/mol. The van der Waals surface area contributed by atoms with Gasteiger partial charge in [-0.1, -0.05) is 12.1 Å². The highest BCUT2D eigenvalue weighted by Crippen LogP contribution is 2.37. The molecule has 9 heteroatoms. The van der Waals surface area contributed by atoms with Gasteiger partial charge in [-0.3, -0.25) is 9.59 Å². The highest BCUT2D eigenvalue weighted by atomic mass is 32.1. The number of anilines is 1. The third kappa shape index (κ3) is 4.93. The molecule has 0 aliphatic heterocycles. The lowest BCUT2D eigenvalue weighted by atomic mass is 9.72. The van der Waals surface area contributed by atoms with E-state index in [9.17, 15) is 14.4 Å². The van der Waals surface area contributed by atoms with Crippen LogP contribution in [0.15, 0.2) is 46.2 Å². The molecule has 164 valence electrons. The van der Waals surface area contributed by atoms with E-state index in [2.05, 4.69) is 15.7 Å². The molecule has 1 aliphatic rings. The summed E-state index contributed by atoms with van der Waals surface area (Å²) in [5, 5.41) is 12.8. The van der Waals surface area contributed by atoms with Gasteiger partial charge in [0.2, 0.25) is 11.8 Å². The first-order chi connectivity index (χ1) is 14.9. The van der Waals surface area contributed by atoms with Gasteiger partial charge in [0.25, 0.3) is 0 Å². The third-order valence-electron chi connectivity index (χ3n) is 5.51. The van der Waals surface area contributed by atoms with Crippen LogP contribution in [0.1, 0.15) is 37.8 Å². The van der Waals surface area contributed by atoms with E-state index in [1.54, 1.807) is 49.6 Å². The van der Waals surface area contributed by atoms with Crippen molar-refractivity contribution in [2.45, 2.75) is 32.2 Å². The molecule has 1 saturated carbocycles. The van der Waals surface area contributed by atoms with Crippen LogP contribution in [0.4, 0.5) is 5.69 Å². The van der Waals surface area contributed by atoms with Crippen LogP contribution >= 0.6 is 11.3 Å². The Hall–Kier alpha value is -3.20. The third-order valence-corrected chi connectivity index (χ3v) is 6.19. The molecule has 3 rings (SSSR count). The Labute approximate surface area is 184 Å². The molecule has 2 amide bonds. The van der Waals surface area contributed by atoms with E-state index in [0.29, 0.717) is 24.1 Å². The molecule has 31 heavy (non-hydrogen) atoms. The Balaban J connectivity index is 1.67. The van der Waals surface area contributed by atoms with Crippen LogP contribution in [0.3, 0.4) is 0 Å². The molecule has 1 aromatic heterocycles. The highest BCUT2D eigenvalue weighted by Gasteiger charge is 2.46. The molecule has 3 unspecified atom stereocenters. The molecule has 1 aromatic carbocycles. The average Bonchev–Trinajstić information content (AvgIpc) is 3.24. The van der Waals surface area contributed by atoms with Gasteiger partial charge in [0.05, 0.1) is 12.8 Å². The summed E-state index contributed by atoms with van der Waals surface area (Å²) >= 11 is 1.43.